The molecule has 4 aromatic rings. The molecule has 1 aliphatic heterocycles. The number of fused-ring (bicyclic) bond motifs is 6. The number of hydrogen-bond donors (Lipinski definition) is 1. The Bertz CT molecular complexity index is 1440. The van der Waals surface area contributed by atoms with Gasteiger partial charge < -0.3 is 9.84 Å². The minimum Gasteiger partial charge on any atom is -0.490 e. The summed E-state index contributed by atoms with van der Waals surface area (Å²) in [5.74, 6) is -3.46. The van der Waals surface area contributed by atoms with E-state index in [0.717, 1.165) is 65.1 Å². The second-order valence-corrected chi connectivity index (χ2v) is 10.9. The Morgan fingerprint density at radius 3 is 2.13 bits per heavy atom. The molecule has 39 heavy (non-hydrogen) atoms. The van der Waals surface area contributed by atoms with Gasteiger partial charge in [0.25, 0.3) is 5.92 Å². The smallest absolute Gasteiger partial charge is 0.263 e. The Morgan fingerprint density at radius 1 is 0.821 bits per heavy atom. The SMILES string of the molecule is OC(COc1cccc2ncccc12)CN1CCN([C@@H]2c3ccccc3[C@@H]3[C@H](c4ccccc42)C3(F)F)CC1. The van der Waals surface area contributed by atoms with E-state index in [-0.39, 0.29) is 12.6 Å². The molecule has 1 unspecified atom stereocenters. The second-order valence-electron chi connectivity index (χ2n) is 10.9. The summed E-state index contributed by atoms with van der Waals surface area (Å²) in [4.78, 5) is 9.04. The van der Waals surface area contributed by atoms with Crippen LogP contribution in [0, 0.1) is 0 Å². The number of halogens is 2. The van der Waals surface area contributed by atoms with Gasteiger partial charge in [-0.2, -0.15) is 0 Å². The number of benzene rings is 3. The molecule has 0 spiro atoms. The van der Waals surface area contributed by atoms with Crippen LogP contribution < -0.4 is 4.74 Å². The number of β-amino-alcohol motifs (C(OH)–C–C–N with tert-alkyl or cyclic N) is 1. The zero-order valence-corrected chi connectivity index (χ0v) is 21.6. The van der Waals surface area contributed by atoms with Crippen molar-refractivity contribution in [2.45, 2.75) is 29.9 Å². The molecule has 1 aromatic heterocycles. The molecule has 1 saturated heterocycles. The minimum absolute atomic E-state index is 0.0450. The fourth-order valence-corrected chi connectivity index (χ4v) is 6.69. The lowest BCUT2D eigenvalue weighted by atomic mass is 9.90. The lowest BCUT2D eigenvalue weighted by Crippen LogP contribution is -2.50. The summed E-state index contributed by atoms with van der Waals surface area (Å²) in [5.41, 5.74) is 4.44. The molecule has 4 atom stereocenters. The molecule has 3 aliphatic rings. The molecule has 7 heteroatoms. The van der Waals surface area contributed by atoms with Crippen molar-refractivity contribution in [2.75, 3.05) is 39.3 Å². The molecule has 0 bridgehead atoms. The van der Waals surface area contributed by atoms with Crippen LogP contribution in [-0.4, -0.2) is 71.2 Å². The van der Waals surface area contributed by atoms with Crippen LogP contribution >= 0.6 is 0 Å². The highest BCUT2D eigenvalue weighted by molar-refractivity contribution is 5.84. The second kappa shape index (κ2) is 9.66. The molecule has 2 aliphatic carbocycles. The molecular formula is C32H31F2N3O2. The lowest BCUT2D eigenvalue weighted by Gasteiger charge is -2.41. The molecule has 5 nitrogen and oxygen atoms in total. The van der Waals surface area contributed by atoms with Gasteiger partial charge in [0.1, 0.15) is 18.5 Å². The lowest BCUT2D eigenvalue weighted by molar-refractivity contribution is 0.0400. The molecule has 2 heterocycles. The highest BCUT2D eigenvalue weighted by Crippen LogP contribution is 2.70. The number of alkyl halides is 2. The van der Waals surface area contributed by atoms with Crippen molar-refractivity contribution in [1.29, 1.82) is 0 Å². The van der Waals surface area contributed by atoms with Crippen molar-refractivity contribution in [3.05, 3.63) is 107 Å². The first-order valence-electron chi connectivity index (χ1n) is 13.7. The predicted octanol–water partition coefficient (Wildman–Crippen LogP) is 5.21. The minimum atomic E-state index is -2.70. The van der Waals surface area contributed by atoms with Gasteiger partial charge in [0.05, 0.1) is 23.4 Å². The molecule has 1 saturated carbocycles. The van der Waals surface area contributed by atoms with E-state index >= 15 is 0 Å². The Labute approximate surface area is 226 Å². The third kappa shape index (κ3) is 4.29. The highest BCUT2D eigenvalue weighted by Gasteiger charge is 2.71. The Kier molecular flexibility index (Phi) is 6.10. The van der Waals surface area contributed by atoms with Crippen LogP contribution in [0.3, 0.4) is 0 Å². The fraction of sp³-hybridized carbons (Fsp3) is 0.344. The zero-order valence-electron chi connectivity index (χ0n) is 21.6. The molecule has 0 radical (unpaired) electrons. The van der Waals surface area contributed by atoms with Crippen LogP contribution in [0.1, 0.15) is 40.1 Å². The Balaban J connectivity index is 1.04. The van der Waals surface area contributed by atoms with E-state index < -0.39 is 23.9 Å². The summed E-state index contributed by atoms with van der Waals surface area (Å²) in [6.07, 6.45) is 1.13. The van der Waals surface area contributed by atoms with Gasteiger partial charge in [0.15, 0.2) is 0 Å². The van der Waals surface area contributed by atoms with E-state index in [2.05, 4.69) is 14.8 Å². The number of ether oxygens (including phenoxy) is 1. The average Bonchev–Trinajstić information content (AvgIpc) is 3.58. The number of pyridine rings is 1. The zero-order chi connectivity index (χ0) is 26.6. The van der Waals surface area contributed by atoms with E-state index in [0.29, 0.717) is 6.54 Å². The Morgan fingerprint density at radius 2 is 1.46 bits per heavy atom. The van der Waals surface area contributed by atoms with Crippen molar-refractivity contribution in [2.24, 2.45) is 0 Å². The van der Waals surface area contributed by atoms with Gasteiger partial charge in [0, 0.05) is 44.3 Å². The number of aliphatic hydroxyl groups is 1. The monoisotopic (exact) mass is 527 g/mol. The first-order chi connectivity index (χ1) is 19.0. The number of rotatable bonds is 6. The van der Waals surface area contributed by atoms with Crippen LogP contribution in [0.4, 0.5) is 8.78 Å². The summed E-state index contributed by atoms with van der Waals surface area (Å²) < 4.78 is 35.9. The largest absolute Gasteiger partial charge is 0.490 e. The first kappa shape index (κ1) is 24.6. The Hall–Kier alpha value is -3.39. The van der Waals surface area contributed by atoms with E-state index in [1.807, 2.05) is 78.9 Å². The quantitative estimate of drug-likeness (QED) is 0.373. The average molecular weight is 528 g/mol. The van der Waals surface area contributed by atoms with E-state index in [9.17, 15) is 13.9 Å². The number of hydrogen-bond acceptors (Lipinski definition) is 5. The van der Waals surface area contributed by atoms with Gasteiger partial charge in [-0.1, -0.05) is 54.6 Å². The van der Waals surface area contributed by atoms with Gasteiger partial charge in [-0.3, -0.25) is 14.8 Å². The summed E-state index contributed by atoms with van der Waals surface area (Å²) in [6.45, 7) is 3.89. The molecular weight excluding hydrogens is 496 g/mol. The van der Waals surface area contributed by atoms with E-state index in [4.69, 9.17) is 4.74 Å². The van der Waals surface area contributed by atoms with E-state index in [1.165, 1.54) is 0 Å². The molecule has 1 N–H and O–H groups in total. The van der Waals surface area contributed by atoms with Gasteiger partial charge in [0.2, 0.25) is 0 Å². The normalized spacial score (nSPS) is 24.7. The van der Waals surface area contributed by atoms with Gasteiger partial charge in [-0.25, -0.2) is 8.78 Å². The van der Waals surface area contributed by atoms with E-state index in [1.54, 1.807) is 6.20 Å². The van der Waals surface area contributed by atoms with Crippen molar-refractivity contribution in [3.63, 3.8) is 0 Å². The maximum absolute atomic E-state index is 15.0. The van der Waals surface area contributed by atoms with Crippen molar-refractivity contribution in [1.82, 2.24) is 14.8 Å². The highest BCUT2D eigenvalue weighted by atomic mass is 19.3. The maximum atomic E-state index is 15.0. The van der Waals surface area contributed by atoms with Gasteiger partial charge in [-0.05, 0) is 46.5 Å². The number of aromatic nitrogens is 1. The third-order valence-electron chi connectivity index (χ3n) is 8.58. The van der Waals surface area contributed by atoms with Crippen LogP contribution in [-0.2, 0) is 0 Å². The van der Waals surface area contributed by atoms with Crippen molar-refractivity contribution < 1.29 is 18.6 Å². The molecule has 0 amide bonds. The topological polar surface area (TPSA) is 48.8 Å². The number of aliphatic hydroxyl groups excluding tert-OH is 1. The van der Waals surface area contributed by atoms with Gasteiger partial charge >= 0.3 is 0 Å². The summed E-state index contributed by atoms with van der Waals surface area (Å²) in [6, 6.07) is 25.1. The number of piperazine rings is 1. The first-order valence-corrected chi connectivity index (χ1v) is 13.7. The van der Waals surface area contributed by atoms with Crippen LogP contribution in [0.5, 0.6) is 5.75 Å². The van der Waals surface area contributed by atoms with Crippen LogP contribution in [0.2, 0.25) is 0 Å². The van der Waals surface area contributed by atoms with Gasteiger partial charge in [-0.15, -0.1) is 0 Å². The maximum Gasteiger partial charge on any atom is 0.263 e. The molecule has 3 aromatic carbocycles. The predicted molar refractivity (Wildman–Crippen MR) is 146 cm³/mol. The summed E-state index contributed by atoms with van der Waals surface area (Å²) in [5, 5.41) is 11.7. The summed E-state index contributed by atoms with van der Waals surface area (Å²) >= 11 is 0. The van der Waals surface area contributed by atoms with Crippen LogP contribution in [0.15, 0.2) is 85.1 Å². The molecule has 2 fully saturated rings. The number of nitrogens with zero attached hydrogens (tertiary/aromatic N) is 3. The van der Waals surface area contributed by atoms with Crippen molar-refractivity contribution >= 4 is 10.9 Å². The molecule has 7 rings (SSSR count). The van der Waals surface area contributed by atoms with Crippen LogP contribution in [0.25, 0.3) is 10.9 Å². The summed E-state index contributed by atoms with van der Waals surface area (Å²) in [7, 11) is 0. The van der Waals surface area contributed by atoms with Crippen molar-refractivity contribution in [3.8, 4) is 5.75 Å². The fourth-order valence-electron chi connectivity index (χ4n) is 6.69. The molecule has 200 valence electrons. The third-order valence-corrected chi connectivity index (χ3v) is 8.58. The standard InChI is InChI=1S/C32H31F2N3O2/c33-32(34)29-22-7-1-3-9-24(22)31(25-10-4-2-8-23(25)30(29)32)37-17-15-36(16-18-37)19-21(38)20-39-28-13-5-12-27-26(28)11-6-14-35-27/h1-14,21,29-31,38H,15-20H2/t21?,29-,30+,31-.